The van der Waals surface area contributed by atoms with Crippen molar-refractivity contribution in [3.63, 3.8) is 0 Å². The number of nitrogens with one attached hydrogen (secondary N) is 1. The van der Waals surface area contributed by atoms with Crippen LogP contribution in [0.3, 0.4) is 0 Å². The highest BCUT2D eigenvalue weighted by atomic mass is 16.4. The number of rotatable bonds is 1. The molecular weight excluding hydrogens is 210 g/mol. The lowest BCUT2D eigenvalue weighted by Crippen LogP contribution is -2.08. The topological polar surface area (TPSA) is 88.2 Å². The number of carbonyl (C=O) groups is 1. The minimum atomic E-state index is -1.09. The summed E-state index contributed by atoms with van der Waals surface area (Å²) in [5, 5.41) is 11.9. The quantitative estimate of drug-likeness (QED) is 0.749. The van der Waals surface area contributed by atoms with Crippen molar-refractivity contribution in [1.29, 1.82) is 0 Å². The maximum Gasteiger partial charge on any atom is 0.371 e. The fraction of sp³-hybridized carbons (Fsp3) is 0.100. The molecule has 0 spiro atoms. The van der Waals surface area contributed by atoms with Crippen molar-refractivity contribution in [2.75, 3.05) is 5.32 Å². The highest BCUT2D eigenvalue weighted by molar-refractivity contribution is 5.89. The monoisotopic (exact) mass is 217 g/mol. The smallest absolute Gasteiger partial charge is 0.371 e. The van der Waals surface area contributed by atoms with Crippen molar-refractivity contribution >= 4 is 11.7 Å². The molecule has 2 N–H and O–H groups in total. The average Bonchev–Trinajstić information content (AvgIpc) is 2.73. The molecule has 2 aromatic heterocycles. The summed E-state index contributed by atoms with van der Waals surface area (Å²) in [6.07, 6.45) is 3.07. The summed E-state index contributed by atoms with van der Waals surface area (Å²) in [4.78, 5) is 18.8. The number of aromatic carboxylic acids is 1. The molecule has 3 rings (SSSR count). The van der Waals surface area contributed by atoms with Crippen LogP contribution < -0.4 is 5.32 Å². The number of furan rings is 1. The van der Waals surface area contributed by atoms with Crippen LogP contribution in [0.1, 0.15) is 16.2 Å². The molecule has 2 aromatic rings. The average molecular weight is 217 g/mol. The molecule has 0 unspecified atom stereocenters. The molecule has 80 valence electrons. The van der Waals surface area contributed by atoms with Crippen LogP contribution in [-0.2, 0) is 6.54 Å². The summed E-state index contributed by atoms with van der Waals surface area (Å²) in [5.74, 6) is -0.692. The van der Waals surface area contributed by atoms with Gasteiger partial charge in [0.05, 0.1) is 23.5 Å². The molecule has 6 heteroatoms. The molecule has 0 atom stereocenters. The molecule has 0 saturated heterocycles. The Morgan fingerprint density at radius 1 is 1.56 bits per heavy atom. The molecule has 0 aromatic carbocycles. The molecule has 0 aliphatic carbocycles. The predicted octanol–water partition coefficient (Wildman–Crippen LogP) is 1.36. The first kappa shape index (κ1) is 8.90. The zero-order valence-electron chi connectivity index (χ0n) is 8.10. The molecule has 1 aliphatic heterocycles. The second kappa shape index (κ2) is 3.06. The molecule has 0 radical (unpaired) electrons. The minimum absolute atomic E-state index is 0.0887. The van der Waals surface area contributed by atoms with Crippen LogP contribution in [0.5, 0.6) is 0 Å². The zero-order valence-corrected chi connectivity index (χ0v) is 8.10. The van der Waals surface area contributed by atoms with Gasteiger partial charge >= 0.3 is 5.97 Å². The second-order valence-electron chi connectivity index (χ2n) is 3.40. The lowest BCUT2D eigenvalue weighted by Gasteiger charge is -2.14. The third-order valence-corrected chi connectivity index (χ3v) is 2.43. The van der Waals surface area contributed by atoms with Gasteiger partial charge < -0.3 is 14.8 Å². The molecule has 6 nitrogen and oxygen atoms in total. The lowest BCUT2D eigenvalue weighted by atomic mass is 10.1. The number of carboxylic acid groups (broad SMARTS) is 1. The van der Waals surface area contributed by atoms with Crippen LogP contribution in [-0.4, -0.2) is 21.0 Å². The van der Waals surface area contributed by atoms with E-state index < -0.39 is 5.97 Å². The Bertz CT molecular complexity index is 576. The Morgan fingerprint density at radius 3 is 3.25 bits per heavy atom. The Labute approximate surface area is 90.0 Å². The van der Waals surface area contributed by atoms with Gasteiger partial charge in [-0.3, -0.25) is 0 Å². The van der Waals surface area contributed by atoms with Gasteiger partial charge in [-0.2, -0.15) is 0 Å². The van der Waals surface area contributed by atoms with Crippen LogP contribution in [0.15, 0.2) is 23.0 Å². The van der Waals surface area contributed by atoms with Crippen molar-refractivity contribution in [2.45, 2.75) is 6.54 Å². The van der Waals surface area contributed by atoms with E-state index in [4.69, 9.17) is 9.52 Å². The van der Waals surface area contributed by atoms with E-state index in [9.17, 15) is 4.79 Å². The molecule has 16 heavy (non-hydrogen) atoms. The third-order valence-electron chi connectivity index (χ3n) is 2.43. The van der Waals surface area contributed by atoms with E-state index in [1.54, 1.807) is 6.20 Å². The van der Waals surface area contributed by atoms with Gasteiger partial charge in [-0.25, -0.2) is 14.8 Å². The van der Waals surface area contributed by atoms with Crippen molar-refractivity contribution in [2.24, 2.45) is 0 Å². The van der Waals surface area contributed by atoms with Crippen molar-refractivity contribution in [3.05, 3.63) is 30.0 Å². The fourth-order valence-corrected chi connectivity index (χ4v) is 1.69. The van der Waals surface area contributed by atoms with Crippen LogP contribution in [0.25, 0.3) is 11.3 Å². The highest BCUT2D eigenvalue weighted by Gasteiger charge is 2.23. The Hall–Kier alpha value is -2.37. The van der Waals surface area contributed by atoms with E-state index >= 15 is 0 Å². The number of carboxylic acids is 1. The first-order chi connectivity index (χ1) is 7.75. The van der Waals surface area contributed by atoms with Gasteiger partial charge in [0, 0.05) is 12.3 Å². The van der Waals surface area contributed by atoms with Gasteiger partial charge in [0.15, 0.2) is 5.76 Å². The number of nitrogens with zero attached hydrogens (tertiary/aromatic N) is 2. The number of fused-ring (bicyclic) bond motifs is 3. The Balaban J connectivity index is 2.20. The van der Waals surface area contributed by atoms with E-state index in [0.717, 1.165) is 11.3 Å². The zero-order chi connectivity index (χ0) is 11.1. The van der Waals surface area contributed by atoms with Crippen molar-refractivity contribution in [3.8, 4) is 11.3 Å². The van der Waals surface area contributed by atoms with E-state index in [2.05, 4.69) is 15.3 Å². The van der Waals surface area contributed by atoms with Gasteiger partial charge in [-0.15, -0.1) is 0 Å². The summed E-state index contributed by atoms with van der Waals surface area (Å²) in [7, 11) is 0. The maximum absolute atomic E-state index is 10.8. The summed E-state index contributed by atoms with van der Waals surface area (Å²) < 4.78 is 5.25. The molecule has 0 amide bonds. The van der Waals surface area contributed by atoms with Crippen molar-refractivity contribution < 1.29 is 14.3 Å². The molecule has 0 saturated carbocycles. The van der Waals surface area contributed by atoms with Gasteiger partial charge in [-0.05, 0) is 0 Å². The number of hydrogen-bond acceptors (Lipinski definition) is 5. The third kappa shape index (κ3) is 1.16. The van der Waals surface area contributed by atoms with Crippen molar-refractivity contribution in [1.82, 2.24) is 9.97 Å². The van der Waals surface area contributed by atoms with E-state index in [0.29, 0.717) is 18.0 Å². The molecule has 1 aliphatic rings. The fourth-order valence-electron chi connectivity index (χ4n) is 1.69. The summed E-state index contributed by atoms with van der Waals surface area (Å²) in [6, 6.07) is 1.47. The van der Waals surface area contributed by atoms with Crippen LogP contribution in [0, 0.1) is 0 Å². The second-order valence-corrected chi connectivity index (χ2v) is 3.40. The molecule has 3 heterocycles. The largest absolute Gasteiger partial charge is 0.475 e. The first-order valence-corrected chi connectivity index (χ1v) is 4.66. The van der Waals surface area contributed by atoms with E-state index in [1.165, 1.54) is 12.4 Å². The van der Waals surface area contributed by atoms with E-state index in [1.807, 2.05) is 0 Å². The van der Waals surface area contributed by atoms with Gasteiger partial charge in [0.2, 0.25) is 5.76 Å². The summed E-state index contributed by atoms with van der Waals surface area (Å²) >= 11 is 0. The number of anilines is 1. The van der Waals surface area contributed by atoms with Crippen LogP contribution in [0.2, 0.25) is 0 Å². The first-order valence-electron chi connectivity index (χ1n) is 4.66. The summed E-state index contributed by atoms with van der Waals surface area (Å²) in [5.41, 5.74) is 2.21. The number of aromatic nitrogens is 2. The van der Waals surface area contributed by atoms with E-state index in [-0.39, 0.29) is 5.76 Å². The molecular formula is C10H7N3O3. The van der Waals surface area contributed by atoms with Crippen LogP contribution in [0.4, 0.5) is 5.69 Å². The normalized spacial score (nSPS) is 12.5. The number of hydrogen-bond donors (Lipinski definition) is 2. The SMILES string of the molecule is O=C(O)c1cc2c(o1)-c1cncnc1CN2. The van der Waals surface area contributed by atoms with Gasteiger partial charge in [-0.1, -0.05) is 0 Å². The lowest BCUT2D eigenvalue weighted by molar-refractivity contribution is 0.0663. The van der Waals surface area contributed by atoms with Crippen LogP contribution >= 0.6 is 0 Å². The predicted molar refractivity (Wildman–Crippen MR) is 54.0 cm³/mol. The maximum atomic E-state index is 10.8. The van der Waals surface area contributed by atoms with Gasteiger partial charge in [0.25, 0.3) is 0 Å². The Morgan fingerprint density at radius 2 is 2.44 bits per heavy atom. The Kier molecular flexibility index (Phi) is 1.70. The minimum Gasteiger partial charge on any atom is -0.475 e. The standard InChI is InChI=1S/C10H7N3O3/c14-10(15)8-1-6-9(16-8)5-2-11-4-13-7(5)3-12-6/h1-2,4,12H,3H2,(H,14,15). The molecule has 0 bridgehead atoms. The summed E-state index contributed by atoms with van der Waals surface area (Å²) in [6.45, 7) is 0.545. The van der Waals surface area contributed by atoms with Gasteiger partial charge in [0.1, 0.15) is 6.33 Å². The molecule has 0 fully saturated rings. The highest BCUT2D eigenvalue weighted by Crippen LogP contribution is 2.36.